The molecule has 0 bridgehead atoms. The van der Waals surface area contributed by atoms with E-state index in [1.54, 1.807) is 18.3 Å². The Kier molecular flexibility index (Phi) is 5.22. The lowest BCUT2D eigenvalue weighted by Crippen LogP contribution is -2.31. The van der Waals surface area contributed by atoms with Gasteiger partial charge in [0.05, 0.1) is 4.47 Å². The standard InChI is InChI=1S/C17H17BrN2O2S2/c1-2-3-11-20(24(21,22)13-7-6-10-19-12-13)17-16(18)14-8-4-5-9-15(14)23-17/h4-10,12H,2-3,11H2,1H3. The van der Waals surface area contributed by atoms with Gasteiger partial charge in [0.15, 0.2) is 0 Å². The lowest BCUT2D eigenvalue weighted by molar-refractivity contribution is 0.588. The second-order valence-electron chi connectivity index (χ2n) is 5.34. The smallest absolute Gasteiger partial charge is 0.263 e. The Morgan fingerprint density at radius 2 is 2.00 bits per heavy atom. The number of thiophene rings is 1. The Balaban J connectivity index is 2.14. The number of pyridine rings is 1. The number of hydrogen-bond acceptors (Lipinski definition) is 4. The summed E-state index contributed by atoms with van der Waals surface area (Å²) in [5.74, 6) is 0. The fourth-order valence-electron chi connectivity index (χ4n) is 2.42. The number of sulfonamides is 1. The fourth-order valence-corrected chi connectivity index (χ4v) is 6.28. The third-order valence-electron chi connectivity index (χ3n) is 3.68. The molecule has 0 saturated heterocycles. The van der Waals surface area contributed by atoms with E-state index in [4.69, 9.17) is 0 Å². The molecule has 126 valence electrons. The summed E-state index contributed by atoms with van der Waals surface area (Å²) in [7, 11) is -3.65. The average Bonchev–Trinajstić information content (AvgIpc) is 2.93. The molecule has 3 rings (SSSR count). The Hall–Kier alpha value is -1.44. The van der Waals surface area contributed by atoms with Crippen LogP contribution >= 0.6 is 27.3 Å². The summed E-state index contributed by atoms with van der Waals surface area (Å²) in [6, 6.07) is 11.1. The summed E-state index contributed by atoms with van der Waals surface area (Å²) in [4.78, 5) is 4.17. The van der Waals surface area contributed by atoms with Crippen molar-refractivity contribution in [2.45, 2.75) is 24.7 Å². The van der Waals surface area contributed by atoms with E-state index in [1.165, 1.54) is 21.8 Å². The number of anilines is 1. The number of aromatic nitrogens is 1. The number of nitrogens with zero attached hydrogens (tertiary/aromatic N) is 2. The first-order valence-corrected chi connectivity index (χ1v) is 10.7. The molecule has 0 radical (unpaired) electrons. The molecule has 4 nitrogen and oxygen atoms in total. The van der Waals surface area contributed by atoms with Crippen molar-refractivity contribution in [3.8, 4) is 0 Å². The van der Waals surface area contributed by atoms with Gasteiger partial charge in [0.25, 0.3) is 10.0 Å². The van der Waals surface area contributed by atoms with Crippen LogP contribution < -0.4 is 4.31 Å². The first-order valence-electron chi connectivity index (χ1n) is 7.65. The van der Waals surface area contributed by atoms with Gasteiger partial charge in [-0.3, -0.25) is 9.29 Å². The van der Waals surface area contributed by atoms with Gasteiger partial charge in [-0.1, -0.05) is 31.5 Å². The van der Waals surface area contributed by atoms with Crippen LogP contribution in [-0.2, 0) is 10.0 Å². The summed E-state index contributed by atoms with van der Waals surface area (Å²) < 4.78 is 29.7. The molecule has 0 saturated carbocycles. The van der Waals surface area contributed by atoms with E-state index in [-0.39, 0.29) is 4.90 Å². The fraction of sp³-hybridized carbons (Fsp3) is 0.235. The van der Waals surface area contributed by atoms with E-state index in [9.17, 15) is 8.42 Å². The SMILES string of the molecule is CCCCN(c1sc2ccccc2c1Br)S(=O)(=O)c1cccnc1. The van der Waals surface area contributed by atoms with Gasteiger partial charge in [-0.25, -0.2) is 8.42 Å². The van der Waals surface area contributed by atoms with Crippen LogP contribution in [-0.4, -0.2) is 19.9 Å². The van der Waals surface area contributed by atoms with Crippen molar-refractivity contribution < 1.29 is 8.42 Å². The third-order valence-corrected chi connectivity index (χ3v) is 7.84. The van der Waals surface area contributed by atoms with Crippen molar-refractivity contribution in [3.05, 3.63) is 53.3 Å². The van der Waals surface area contributed by atoms with E-state index < -0.39 is 10.0 Å². The molecule has 1 aromatic carbocycles. The lowest BCUT2D eigenvalue weighted by Gasteiger charge is -2.23. The molecule has 0 fully saturated rings. The van der Waals surface area contributed by atoms with E-state index >= 15 is 0 Å². The van der Waals surface area contributed by atoms with Crippen LogP contribution in [0.3, 0.4) is 0 Å². The molecule has 0 amide bonds. The third kappa shape index (κ3) is 3.20. The predicted octanol–water partition coefficient (Wildman–Crippen LogP) is 5.05. The van der Waals surface area contributed by atoms with Crippen molar-refractivity contribution in [2.75, 3.05) is 10.8 Å². The summed E-state index contributed by atoms with van der Waals surface area (Å²) in [6.45, 7) is 2.49. The molecule has 0 unspecified atom stereocenters. The molecule has 0 spiro atoms. The van der Waals surface area contributed by atoms with Gasteiger partial charge in [0.1, 0.15) is 9.90 Å². The van der Waals surface area contributed by atoms with Crippen molar-refractivity contribution >= 4 is 52.4 Å². The molecule has 24 heavy (non-hydrogen) atoms. The number of unbranched alkanes of at least 4 members (excludes halogenated alkanes) is 1. The van der Waals surface area contributed by atoms with Gasteiger partial charge in [-0.05, 0) is 40.5 Å². The zero-order valence-corrected chi connectivity index (χ0v) is 16.4. The Morgan fingerprint density at radius 1 is 1.21 bits per heavy atom. The topological polar surface area (TPSA) is 50.3 Å². The molecule has 2 aromatic heterocycles. The molecule has 0 aliphatic rings. The average molecular weight is 425 g/mol. The normalized spacial score (nSPS) is 11.8. The maximum absolute atomic E-state index is 13.1. The van der Waals surface area contributed by atoms with E-state index in [2.05, 4.69) is 27.8 Å². The van der Waals surface area contributed by atoms with Crippen molar-refractivity contribution in [1.29, 1.82) is 0 Å². The second kappa shape index (κ2) is 7.21. The molecule has 0 aliphatic heterocycles. The van der Waals surface area contributed by atoms with E-state index in [1.807, 2.05) is 24.3 Å². The molecular formula is C17H17BrN2O2S2. The Morgan fingerprint density at radius 3 is 2.67 bits per heavy atom. The van der Waals surface area contributed by atoms with Gasteiger partial charge in [0, 0.05) is 29.0 Å². The minimum atomic E-state index is -3.65. The second-order valence-corrected chi connectivity index (χ2v) is 9.02. The van der Waals surface area contributed by atoms with Crippen LogP contribution in [0.4, 0.5) is 5.00 Å². The first kappa shape index (κ1) is 17.4. The highest BCUT2D eigenvalue weighted by Gasteiger charge is 2.28. The maximum Gasteiger partial charge on any atom is 0.266 e. The van der Waals surface area contributed by atoms with E-state index in [0.29, 0.717) is 11.5 Å². The molecule has 0 N–H and O–H groups in total. The number of halogens is 1. The molecule has 0 atom stereocenters. The van der Waals surface area contributed by atoms with Crippen LogP contribution in [0, 0.1) is 0 Å². The molecule has 2 heterocycles. The van der Waals surface area contributed by atoms with Crippen molar-refractivity contribution in [2.24, 2.45) is 0 Å². The number of rotatable bonds is 6. The Bertz CT molecular complexity index is 940. The molecule has 7 heteroatoms. The van der Waals surface area contributed by atoms with Crippen LogP contribution in [0.15, 0.2) is 58.2 Å². The maximum atomic E-state index is 13.1. The minimum Gasteiger partial charge on any atom is -0.263 e. The number of fused-ring (bicyclic) bond motifs is 1. The quantitative estimate of drug-likeness (QED) is 0.555. The molecule has 3 aromatic rings. The highest BCUT2D eigenvalue weighted by Crippen LogP contribution is 2.43. The van der Waals surface area contributed by atoms with Gasteiger partial charge in [-0.2, -0.15) is 0 Å². The van der Waals surface area contributed by atoms with Gasteiger partial charge in [0.2, 0.25) is 0 Å². The summed E-state index contributed by atoms with van der Waals surface area (Å²) in [5.41, 5.74) is 0. The number of benzene rings is 1. The minimum absolute atomic E-state index is 0.213. The van der Waals surface area contributed by atoms with Crippen LogP contribution in [0.2, 0.25) is 0 Å². The Labute approximate surface area is 154 Å². The zero-order chi connectivity index (χ0) is 17.2. The summed E-state index contributed by atoms with van der Waals surface area (Å²) in [5, 5.41) is 1.74. The van der Waals surface area contributed by atoms with Crippen molar-refractivity contribution in [1.82, 2.24) is 4.98 Å². The monoisotopic (exact) mass is 424 g/mol. The van der Waals surface area contributed by atoms with Crippen LogP contribution in [0.1, 0.15) is 19.8 Å². The molecular weight excluding hydrogens is 408 g/mol. The summed E-state index contributed by atoms with van der Waals surface area (Å²) >= 11 is 5.08. The largest absolute Gasteiger partial charge is 0.266 e. The zero-order valence-electron chi connectivity index (χ0n) is 13.1. The van der Waals surface area contributed by atoms with Gasteiger partial charge in [-0.15, -0.1) is 11.3 Å². The summed E-state index contributed by atoms with van der Waals surface area (Å²) in [6.07, 6.45) is 4.68. The highest BCUT2D eigenvalue weighted by molar-refractivity contribution is 9.10. The first-order chi connectivity index (χ1) is 11.6. The van der Waals surface area contributed by atoms with Crippen LogP contribution in [0.5, 0.6) is 0 Å². The van der Waals surface area contributed by atoms with Crippen molar-refractivity contribution in [3.63, 3.8) is 0 Å². The van der Waals surface area contributed by atoms with Gasteiger partial charge < -0.3 is 0 Å². The van der Waals surface area contributed by atoms with Gasteiger partial charge >= 0.3 is 0 Å². The lowest BCUT2D eigenvalue weighted by atomic mass is 10.3. The number of hydrogen-bond donors (Lipinski definition) is 0. The van der Waals surface area contributed by atoms with E-state index in [0.717, 1.165) is 27.4 Å². The van der Waals surface area contributed by atoms with Crippen LogP contribution in [0.25, 0.3) is 10.1 Å². The highest BCUT2D eigenvalue weighted by atomic mass is 79.9. The molecule has 0 aliphatic carbocycles. The predicted molar refractivity (Wildman–Crippen MR) is 103 cm³/mol.